The van der Waals surface area contributed by atoms with Crippen LogP contribution < -0.4 is 10.0 Å². The molecule has 0 aromatic heterocycles. The minimum atomic E-state index is -3.67. The van der Waals surface area contributed by atoms with E-state index in [0.29, 0.717) is 11.5 Å². The number of rotatable bonds is 8. The third kappa shape index (κ3) is 5.88. The highest BCUT2D eigenvalue weighted by Crippen LogP contribution is 2.32. The van der Waals surface area contributed by atoms with E-state index in [4.69, 9.17) is 4.74 Å². The number of amides is 1. The molecule has 1 saturated carbocycles. The molecular formula is C22H28N2O4S. The van der Waals surface area contributed by atoms with Gasteiger partial charge in [0.15, 0.2) is 0 Å². The third-order valence-corrected chi connectivity index (χ3v) is 6.80. The smallest absolute Gasteiger partial charge is 0.251 e. The number of benzene rings is 2. The molecule has 2 aromatic carbocycles. The summed E-state index contributed by atoms with van der Waals surface area (Å²) in [6, 6.07) is 16.7. The first kappa shape index (κ1) is 21.5. The Bertz CT molecular complexity index is 907. The van der Waals surface area contributed by atoms with Crippen LogP contribution in [0.5, 0.6) is 0 Å². The van der Waals surface area contributed by atoms with Crippen LogP contribution in [0.25, 0.3) is 0 Å². The van der Waals surface area contributed by atoms with Crippen LogP contribution in [0.4, 0.5) is 0 Å². The van der Waals surface area contributed by atoms with Crippen molar-refractivity contribution >= 4 is 15.9 Å². The maximum absolute atomic E-state index is 12.7. The Kier molecular flexibility index (Phi) is 7.41. The van der Waals surface area contributed by atoms with Crippen molar-refractivity contribution in [1.29, 1.82) is 0 Å². The number of carbonyl (C=O) groups excluding carboxylic acids is 1. The molecule has 0 heterocycles. The molecule has 0 spiro atoms. The van der Waals surface area contributed by atoms with Crippen LogP contribution >= 0.6 is 0 Å². The predicted molar refractivity (Wildman–Crippen MR) is 112 cm³/mol. The van der Waals surface area contributed by atoms with Crippen molar-refractivity contribution < 1.29 is 17.9 Å². The summed E-state index contributed by atoms with van der Waals surface area (Å²) in [4.78, 5) is 12.7. The zero-order valence-electron chi connectivity index (χ0n) is 16.6. The lowest BCUT2D eigenvalue weighted by Gasteiger charge is -2.29. The zero-order valence-corrected chi connectivity index (χ0v) is 17.5. The van der Waals surface area contributed by atoms with Crippen LogP contribution in [0.1, 0.15) is 47.5 Å². The maximum Gasteiger partial charge on any atom is 0.251 e. The fourth-order valence-corrected chi connectivity index (χ4v) is 4.79. The van der Waals surface area contributed by atoms with Crippen molar-refractivity contribution in [3.8, 4) is 0 Å². The van der Waals surface area contributed by atoms with E-state index in [1.807, 2.05) is 6.07 Å². The van der Waals surface area contributed by atoms with Gasteiger partial charge in [-0.15, -0.1) is 0 Å². The van der Waals surface area contributed by atoms with Crippen molar-refractivity contribution in [3.63, 3.8) is 0 Å². The lowest BCUT2D eigenvalue weighted by Crippen LogP contribution is -2.37. The molecule has 156 valence electrons. The molecule has 0 radical (unpaired) electrons. The van der Waals surface area contributed by atoms with Gasteiger partial charge in [-0.3, -0.25) is 4.79 Å². The highest BCUT2D eigenvalue weighted by atomic mass is 32.2. The Labute approximate surface area is 172 Å². The predicted octanol–water partition coefficient (Wildman–Crippen LogP) is 3.07. The van der Waals surface area contributed by atoms with Gasteiger partial charge in [0.05, 0.1) is 11.5 Å². The summed E-state index contributed by atoms with van der Waals surface area (Å²) in [7, 11) is -2.16. The normalized spacial score (nSPS) is 19.6. The van der Waals surface area contributed by atoms with Crippen LogP contribution in [0.3, 0.4) is 0 Å². The molecule has 1 fully saturated rings. The summed E-state index contributed by atoms with van der Waals surface area (Å²) in [5.74, 6) is 0.304. The second kappa shape index (κ2) is 10.0. The first-order valence-electron chi connectivity index (χ1n) is 9.94. The number of hydrogen-bond acceptors (Lipinski definition) is 4. The van der Waals surface area contributed by atoms with Crippen LogP contribution in [-0.2, 0) is 14.8 Å². The Morgan fingerprint density at radius 2 is 1.76 bits per heavy atom. The SMILES string of the molecule is COCCNS(=O)(=O)c1cccc(C(=O)NC2CCC(c3ccccc3)CC2)c1. The largest absolute Gasteiger partial charge is 0.383 e. The molecule has 1 amide bonds. The number of ether oxygens (including phenoxy) is 1. The van der Waals surface area contributed by atoms with E-state index in [9.17, 15) is 13.2 Å². The number of sulfonamides is 1. The molecule has 6 nitrogen and oxygen atoms in total. The summed E-state index contributed by atoms with van der Waals surface area (Å²) in [5, 5.41) is 3.06. The third-order valence-electron chi connectivity index (χ3n) is 5.34. The lowest BCUT2D eigenvalue weighted by molar-refractivity contribution is 0.0925. The second-order valence-corrected chi connectivity index (χ2v) is 9.12. The van der Waals surface area contributed by atoms with E-state index in [2.05, 4.69) is 34.3 Å². The van der Waals surface area contributed by atoms with Crippen molar-refractivity contribution in [2.24, 2.45) is 0 Å². The van der Waals surface area contributed by atoms with Gasteiger partial charge in [0.1, 0.15) is 0 Å². The van der Waals surface area contributed by atoms with E-state index in [1.54, 1.807) is 12.1 Å². The van der Waals surface area contributed by atoms with E-state index in [0.717, 1.165) is 25.7 Å². The molecule has 7 heteroatoms. The number of methoxy groups -OCH3 is 1. The summed E-state index contributed by atoms with van der Waals surface area (Å²) in [6.45, 7) is 0.463. The Morgan fingerprint density at radius 1 is 1.03 bits per heavy atom. The van der Waals surface area contributed by atoms with E-state index in [-0.39, 0.29) is 30.0 Å². The molecule has 2 N–H and O–H groups in total. The molecule has 0 saturated heterocycles. The number of hydrogen-bond donors (Lipinski definition) is 2. The Balaban J connectivity index is 1.57. The average Bonchev–Trinajstić information content (AvgIpc) is 2.75. The Morgan fingerprint density at radius 3 is 2.45 bits per heavy atom. The van der Waals surface area contributed by atoms with E-state index >= 15 is 0 Å². The van der Waals surface area contributed by atoms with Crippen LogP contribution in [-0.4, -0.2) is 40.6 Å². The fourth-order valence-electron chi connectivity index (χ4n) is 3.73. The zero-order chi connectivity index (χ0) is 20.7. The van der Waals surface area contributed by atoms with Crippen molar-refractivity contribution in [3.05, 3.63) is 65.7 Å². The van der Waals surface area contributed by atoms with Gasteiger partial charge in [0, 0.05) is 25.3 Å². The molecule has 0 aliphatic heterocycles. The monoisotopic (exact) mass is 416 g/mol. The maximum atomic E-state index is 12.7. The van der Waals surface area contributed by atoms with Crippen LogP contribution in [0.15, 0.2) is 59.5 Å². The molecule has 0 unspecified atom stereocenters. The summed E-state index contributed by atoms with van der Waals surface area (Å²) >= 11 is 0. The summed E-state index contributed by atoms with van der Waals surface area (Å²) in [5.41, 5.74) is 1.71. The minimum absolute atomic E-state index is 0.0778. The van der Waals surface area contributed by atoms with Gasteiger partial charge in [0.25, 0.3) is 5.91 Å². The van der Waals surface area contributed by atoms with Gasteiger partial charge in [-0.1, -0.05) is 36.4 Å². The van der Waals surface area contributed by atoms with Crippen molar-refractivity contribution in [1.82, 2.24) is 10.0 Å². The number of carbonyl (C=O) groups is 1. The standard InChI is InChI=1S/C22H28N2O4S/c1-28-15-14-23-29(26,27)21-9-5-8-19(16-21)22(25)24-20-12-10-18(11-13-20)17-6-3-2-4-7-17/h2-9,16,18,20,23H,10-15H2,1H3,(H,24,25). The van der Waals surface area contributed by atoms with E-state index in [1.165, 1.54) is 24.8 Å². The molecule has 29 heavy (non-hydrogen) atoms. The summed E-state index contributed by atoms with van der Waals surface area (Å²) < 4.78 is 32.0. The van der Waals surface area contributed by atoms with Crippen LogP contribution in [0.2, 0.25) is 0 Å². The van der Waals surface area contributed by atoms with Crippen LogP contribution in [0, 0.1) is 0 Å². The van der Waals surface area contributed by atoms with Gasteiger partial charge in [-0.05, 0) is 55.4 Å². The van der Waals surface area contributed by atoms with Gasteiger partial charge in [-0.25, -0.2) is 13.1 Å². The fraction of sp³-hybridized carbons (Fsp3) is 0.409. The molecule has 2 aromatic rings. The second-order valence-electron chi connectivity index (χ2n) is 7.35. The lowest BCUT2D eigenvalue weighted by atomic mass is 9.82. The topological polar surface area (TPSA) is 84.5 Å². The molecule has 3 rings (SSSR count). The van der Waals surface area contributed by atoms with E-state index < -0.39 is 10.0 Å². The van der Waals surface area contributed by atoms with Crippen molar-refractivity contribution in [2.45, 2.75) is 42.5 Å². The highest BCUT2D eigenvalue weighted by molar-refractivity contribution is 7.89. The van der Waals surface area contributed by atoms with Gasteiger partial charge < -0.3 is 10.1 Å². The molecular weight excluding hydrogens is 388 g/mol. The Hall–Kier alpha value is -2.22. The molecule has 1 aliphatic rings. The minimum Gasteiger partial charge on any atom is -0.383 e. The van der Waals surface area contributed by atoms with Gasteiger partial charge in [0.2, 0.25) is 10.0 Å². The van der Waals surface area contributed by atoms with Gasteiger partial charge in [-0.2, -0.15) is 0 Å². The first-order valence-corrected chi connectivity index (χ1v) is 11.4. The molecule has 1 aliphatic carbocycles. The molecule has 0 bridgehead atoms. The average molecular weight is 417 g/mol. The number of nitrogens with one attached hydrogen (secondary N) is 2. The highest BCUT2D eigenvalue weighted by Gasteiger charge is 2.24. The van der Waals surface area contributed by atoms with Crippen molar-refractivity contribution in [2.75, 3.05) is 20.3 Å². The molecule has 0 atom stereocenters. The summed E-state index contributed by atoms with van der Waals surface area (Å²) in [6.07, 6.45) is 3.91. The quantitative estimate of drug-likeness (QED) is 0.648. The van der Waals surface area contributed by atoms with Gasteiger partial charge >= 0.3 is 0 Å². The first-order chi connectivity index (χ1) is 14.0.